The normalized spacial score (nSPS) is 9.86. The van der Waals surface area contributed by atoms with E-state index in [-0.39, 0.29) is 0 Å². The van der Waals surface area contributed by atoms with Gasteiger partial charge in [0.2, 0.25) is 0 Å². The fourth-order valence-electron chi connectivity index (χ4n) is 1.50. The Labute approximate surface area is 85.5 Å². The van der Waals surface area contributed by atoms with E-state index in [1.807, 2.05) is 24.3 Å². The molecule has 1 rings (SSSR count). The van der Waals surface area contributed by atoms with Crippen LogP contribution in [0.5, 0.6) is 0 Å². The number of rotatable bonds is 5. The number of benzene rings is 1. The van der Waals surface area contributed by atoms with Gasteiger partial charge < -0.3 is 4.90 Å². The molecule has 0 spiro atoms. The Hall–Kier alpha value is -1.31. The second-order valence-electron chi connectivity index (χ2n) is 3.29. The molecule has 14 heavy (non-hydrogen) atoms. The topological polar surface area (TPSA) is 20.3 Å². The van der Waals surface area contributed by atoms with E-state index < -0.39 is 0 Å². The van der Waals surface area contributed by atoms with Crippen LogP contribution in [-0.2, 0) is 0 Å². The molecule has 1 aromatic carbocycles. The lowest BCUT2D eigenvalue weighted by atomic mass is 10.2. The van der Waals surface area contributed by atoms with Crippen LogP contribution in [0, 0.1) is 0 Å². The van der Waals surface area contributed by atoms with Crippen molar-refractivity contribution in [2.24, 2.45) is 0 Å². The van der Waals surface area contributed by atoms with Crippen LogP contribution in [0.1, 0.15) is 30.6 Å². The van der Waals surface area contributed by atoms with Gasteiger partial charge in [0.15, 0.2) is 0 Å². The number of anilines is 1. The average Bonchev–Trinajstić information content (AvgIpc) is 2.26. The van der Waals surface area contributed by atoms with Gasteiger partial charge in [-0.2, -0.15) is 0 Å². The molecule has 0 atom stereocenters. The number of nitrogens with zero attached hydrogens (tertiary/aromatic N) is 1. The Balaban J connectivity index is 2.77. The van der Waals surface area contributed by atoms with Crippen molar-refractivity contribution < 1.29 is 4.79 Å². The third kappa shape index (κ3) is 2.59. The van der Waals surface area contributed by atoms with Crippen LogP contribution in [0.25, 0.3) is 0 Å². The molecule has 0 radical (unpaired) electrons. The standard InChI is InChI=1S/C12H17NO/c1-3-9-13(4-2)12-7-5-11(10-14)6-8-12/h5-8,10H,3-4,9H2,1-2H3. The summed E-state index contributed by atoms with van der Waals surface area (Å²) in [5.74, 6) is 0. The molecule has 0 aliphatic heterocycles. The summed E-state index contributed by atoms with van der Waals surface area (Å²) in [6.07, 6.45) is 2.02. The molecule has 0 aliphatic carbocycles. The minimum atomic E-state index is 0.737. The van der Waals surface area contributed by atoms with Crippen molar-refractivity contribution in [3.63, 3.8) is 0 Å². The lowest BCUT2D eigenvalue weighted by Gasteiger charge is -2.22. The van der Waals surface area contributed by atoms with E-state index in [4.69, 9.17) is 0 Å². The van der Waals surface area contributed by atoms with E-state index in [9.17, 15) is 4.79 Å². The van der Waals surface area contributed by atoms with E-state index in [2.05, 4.69) is 18.7 Å². The second-order valence-corrected chi connectivity index (χ2v) is 3.29. The van der Waals surface area contributed by atoms with Gasteiger partial charge in [0, 0.05) is 24.3 Å². The molecular weight excluding hydrogens is 174 g/mol. The maximum Gasteiger partial charge on any atom is 0.150 e. The Bertz CT molecular complexity index is 279. The first-order valence-corrected chi connectivity index (χ1v) is 5.12. The van der Waals surface area contributed by atoms with E-state index in [1.165, 1.54) is 5.69 Å². The van der Waals surface area contributed by atoms with Gasteiger partial charge in [0.25, 0.3) is 0 Å². The third-order valence-corrected chi connectivity index (χ3v) is 2.27. The molecule has 0 amide bonds. The lowest BCUT2D eigenvalue weighted by molar-refractivity contribution is 0.112. The molecule has 0 heterocycles. The fourth-order valence-corrected chi connectivity index (χ4v) is 1.50. The number of hydrogen-bond acceptors (Lipinski definition) is 2. The highest BCUT2D eigenvalue weighted by molar-refractivity contribution is 5.75. The summed E-state index contributed by atoms with van der Waals surface area (Å²) >= 11 is 0. The molecule has 1 aromatic rings. The molecule has 0 aliphatic rings. The van der Waals surface area contributed by atoms with E-state index in [0.717, 1.165) is 31.4 Å². The minimum absolute atomic E-state index is 0.737. The molecule has 0 fully saturated rings. The first kappa shape index (κ1) is 10.8. The molecule has 0 bridgehead atoms. The largest absolute Gasteiger partial charge is 0.372 e. The van der Waals surface area contributed by atoms with E-state index >= 15 is 0 Å². The first-order valence-electron chi connectivity index (χ1n) is 5.12. The third-order valence-electron chi connectivity index (χ3n) is 2.27. The van der Waals surface area contributed by atoms with Gasteiger partial charge in [0.05, 0.1) is 0 Å². The van der Waals surface area contributed by atoms with Crippen LogP contribution < -0.4 is 4.90 Å². The van der Waals surface area contributed by atoms with Gasteiger partial charge in [-0.05, 0) is 37.6 Å². The zero-order valence-electron chi connectivity index (χ0n) is 8.86. The summed E-state index contributed by atoms with van der Waals surface area (Å²) in [5, 5.41) is 0. The molecule has 0 saturated carbocycles. The van der Waals surface area contributed by atoms with Crippen molar-refractivity contribution in [2.75, 3.05) is 18.0 Å². The van der Waals surface area contributed by atoms with Crippen LogP contribution in [0.3, 0.4) is 0 Å². The highest BCUT2D eigenvalue weighted by atomic mass is 16.1. The molecule has 2 nitrogen and oxygen atoms in total. The van der Waals surface area contributed by atoms with Gasteiger partial charge in [0.1, 0.15) is 6.29 Å². The predicted octanol–water partition coefficient (Wildman–Crippen LogP) is 2.74. The summed E-state index contributed by atoms with van der Waals surface area (Å²) in [6, 6.07) is 7.73. The van der Waals surface area contributed by atoms with Crippen molar-refractivity contribution in [1.29, 1.82) is 0 Å². The highest BCUT2D eigenvalue weighted by Crippen LogP contribution is 2.14. The van der Waals surface area contributed by atoms with Crippen LogP contribution >= 0.6 is 0 Å². The summed E-state index contributed by atoms with van der Waals surface area (Å²) in [4.78, 5) is 12.8. The second kappa shape index (κ2) is 5.43. The monoisotopic (exact) mass is 191 g/mol. The predicted molar refractivity (Wildman–Crippen MR) is 60.0 cm³/mol. The summed E-state index contributed by atoms with van der Waals surface area (Å²) in [7, 11) is 0. The highest BCUT2D eigenvalue weighted by Gasteiger charge is 2.01. The molecule has 2 heteroatoms. The van der Waals surface area contributed by atoms with Crippen molar-refractivity contribution in [3.8, 4) is 0 Å². The molecule has 0 unspecified atom stereocenters. The number of aldehydes is 1. The van der Waals surface area contributed by atoms with Crippen LogP contribution in [-0.4, -0.2) is 19.4 Å². The number of carbonyl (C=O) groups excluding carboxylic acids is 1. The van der Waals surface area contributed by atoms with Crippen molar-refractivity contribution in [1.82, 2.24) is 0 Å². The van der Waals surface area contributed by atoms with Gasteiger partial charge in [-0.15, -0.1) is 0 Å². The zero-order valence-corrected chi connectivity index (χ0v) is 8.86. The van der Waals surface area contributed by atoms with E-state index in [0.29, 0.717) is 0 Å². The minimum Gasteiger partial charge on any atom is -0.372 e. The van der Waals surface area contributed by atoms with Crippen LogP contribution in [0.2, 0.25) is 0 Å². The molecule has 0 saturated heterocycles. The molecular formula is C12H17NO. The Morgan fingerprint density at radius 2 is 1.86 bits per heavy atom. The Kier molecular flexibility index (Phi) is 4.17. The number of carbonyl (C=O) groups is 1. The lowest BCUT2D eigenvalue weighted by Crippen LogP contribution is -2.23. The van der Waals surface area contributed by atoms with Crippen LogP contribution in [0.15, 0.2) is 24.3 Å². The van der Waals surface area contributed by atoms with Gasteiger partial charge in [-0.25, -0.2) is 0 Å². The van der Waals surface area contributed by atoms with Crippen molar-refractivity contribution >= 4 is 12.0 Å². The quantitative estimate of drug-likeness (QED) is 0.667. The summed E-state index contributed by atoms with van der Waals surface area (Å²) < 4.78 is 0. The average molecular weight is 191 g/mol. The molecule has 0 aromatic heterocycles. The first-order chi connectivity index (χ1) is 6.81. The smallest absolute Gasteiger partial charge is 0.150 e. The Morgan fingerprint density at radius 1 is 1.21 bits per heavy atom. The molecule has 76 valence electrons. The van der Waals surface area contributed by atoms with Crippen molar-refractivity contribution in [3.05, 3.63) is 29.8 Å². The fraction of sp³-hybridized carbons (Fsp3) is 0.417. The van der Waals surface area contributed by atoms with Crippen LogP contribution in [0.4, 0.5) is 5.69 Å². The van der Waals surface area contributed by atoms with Gasteiger partial charge in [-0.1, -0.05) is 6.92 Å². The van der Waals surface area contributed by atoms with Crippen molar-refractivity contribution in [2.45, 2.75) is 20.3 Å². The summed E-state index contributed by atoms with van der Waals surface area (Å²) in [5.41, 5.74) is 1.93. The molecule has 0 N–H and O–H groups in total. The van der Waals surface area contributed by atoms with Gasteiger partial charge in [-0.3, -0.25) is 4.79 Å². The zero-order chi connectivity index (χ0) is 10.4. The maximum absolute atomic E-state index is 10.5. The van der Waals surface area contributed by atoms with E-state index in [1.54, 1.807) is 0 Å². The van der Waals surface area contributed by atoms with Gasteiger partial charge >= 0.3 is 0 Å². The summed E-state index contributed by atoms with van der Waals surface area (Å²) in [6.45, 7) is 6.39. The Morgan fingerprint density at radius 3 is 2.29 bits per heavy atom. The number of hydrogen-bond donors (Lipinski definition) is 0. The SMILES string of the molecule is CCCN(CC)c1ccc(C=O)cc1. The maximum atomic E-state index is 10.5.